The number of urea groups is 1. The average Bonchev–Trinajstić information content (AvgIpc) is 2.28. The zero-order valence-electron chi connectivity index (χ0n) is 9.79. The molecule has 0 heterocycles. The van der Waals surface area contributed by atoms with Crippen LogP contribution in [-0.4, -0.2) is 23.7 Å². The molecule has 18 heavy (non-hydrogen) atoms. The van der Waals surface area contributed by atoms with Crippen LogP contribution >= 0.6 is 22.6 Å². The Morgan fingerprint density at radius 3 is 2.67 bits per heavy atom. The fourth-order valence-corrected chi connectivity index (χ4v) is 1.69. The van der Waals surface area contributed by atoms with Crippen molar-refractivity contribution in [3.8, 4) is 0 Å². The van der Waals surface area contributed by atoms with E-state index in [1.165, 1.54) is 6.07 Å². The molecule has 0 saturated heterocycles. The molecule has 1 rings (SSSR count). The van der Waals surface area contributed by atoms with Crippen molar-refractivity contribution in [3.63, 3.8) is 0 Å². The van der Waals surface area contributed by atoms with Gasteiger partial charge in [-0.15, -0.1) is 0 Å². The largest absolute Gasteiger partial charge is 0.478 e. The van der Waals surface area contributed by atoms with Gasteiger partial charge in [-0.3, -0.25) is 0 Å². The van der Waals surface area contributed by atoms with Gasteiger partial charge in [0.05, 0.1) is 11.3 Å². The van der Waals surface area contributed by atoms with Crippen molar-refractivity contribution in [2.45, 2.75) is 6.92 Å². The quantitative estimate of drug-likeness (QED) is 0.571. The van der Waals surface area contributed by atoms with Crippen molar-refractivity contribution in [2.75, 3.05) is 11.9 Å². The summed E-state index contributed by atoms with van der Waals surface area (Å²) < 4.78 is 0.790. The van der Waals surface area contributed by atoms with E-state index < -0.39 is 12.0 Å². The molecule has 0 saturated carbocycles. The first-order chi connectivity index (χ1) is 8.40. The number of carbonyl (C=O) groups excluding carboxylic acids is 1. The van der Waals surface area contributed by atoms with Crippen LogP contribution in [0.5, 0.6) is 0 Å². The van der Waals surface area contributed by atoms with Crippen LogP contribution in [0.1, 0.15) is 17.3 Å². The predicted molar refractivity (Wildman–Crippen MR) is 78.0 cm³/mol. The van der Waals surface area contributed by atoms with Crippen LogP contribution in [0.25, 0.3) is 0 Å². The zero-order chi connectivity index (χ0) is 13.7. The van der Waals surface area contributed by atoms with Gasteiger partial charge in [-0.25, -0.2) is 9.59 Å². The van der Waals surface area contributed by atoms with Gasteiger partial charge >= 0.3 is 12.0 Å². The molecule has 1 aromatic rings. The van der Waals surface area contributed by atoms with Crippen LogP contribution in [0.4, 0.5) is 10.5 Å². The highest BCUT2D eigenvalue weighted by molar-refractivity contribution is 14.1. The summed E-state index contributed by atoms with van der Waals surface area (Å²) in [6.45, 7) is 5.79. The Labute approximate surface area is 118 Å². The fraction of sp³-hybridized carbons (Fsp3) is 0.167. The molecule has 6 heteroatoms. The molecule has 0 aliphatic heterocycles. The molecule has 0 radical (unpaired) electrons. The van der Waals surface area contributed by atoms with Crippen LogP contribution in [-0.2, 0) is 0 Å². The van der Waals surface area contributed by atoms with Gasteiger partial charge in [-0.2, -0.15) is 0 Å². The molecule has 5 nitrogen and oxygen atoms in total. The predicted octanol–water partition coefficient (Wildman–Crippen LogP) is 2.69. The van der Waals surface area contributed by atoms with Gasteiger partial charge in [0.15, 0.2) is 0 Å². The number of amides is 2. The second kappa shape index (κ2) is 6.39. The van der Waals surface area contributed by atoms with Crippen molar-refractivity contribution in [2.24, 2.45) is 0 Å². The summed E-state index contributed by atoms with van der Waals surface area (Å²) >= 11 is 2.01. The first kappa shape index (κ1) is 14.5. The van der Waals surface area contributed by atoms with E-state index in [4.69, 9.17) is 5.11 Å². The van der Waals surface area contributed by atoms with Gasteiger partial charge in [0.25, 0.3) is 0 Å². The minimum Gasteiger partial charge on any atom is -0.478 e. The number of rotatable bonds is 4. The lowest BCUT2D eigenvalue weighted by molar-refractivity contribution is 0.0698. The summed E-state index contributed by atoms with van der Waals surface area (Å²) in [6, 6.07) is 4.33. The number of carboxylic acid groups (broad SMARTS) is 1. The van der Waals surface area contributed by atoms with Crippen molar-refractivity contribution >= 4 is 40.3 Å². The van der Waals surface area contributed by atoms with Gasteiger partial charge in [0, 0.05) is 10.1 Å². The molecule has 0 aliphatic carbocycles. The third-order valence-corrected chi connectivity index (χ3v) is 2.68. The highest BCUT2D eigenvalue weighted by atomic mass is 127. The lowest BCUT2D eigenvalue weighted by atomic mass is 10.2. The highest BCUT2D eigenvalue weighted by Crippen LogP contribution is 2.18. The molecule has 0 aliphatic rings. The number of anilines is 1. The van der Waals surface area contributed by atoms with Crippen molar-refractivity contribution < 1.29 is 14.7 Å². The molecule has 0 fully saturated rings. The zero-order valence-corrected chi connectivity index (χ0v) is 11.9. The van der Waals surface area contributed by atoms with Crippen LogP contribution in [0.3, 0.4) is 0 Å². The Balaban J connectivity index is 2.81. The molecule has 0 aromatic heterocycles. The fourth-order valence-electron chi connectivity index (χ4n) is 1.20. The monoisotopic (exact) mass is 360 g/mol. The number of carboxylic acids is 1. The molecule has 0 atom stereocenters. The molecule has 1 aromatic carbocycles. The van der Waals surface area contributed by atoms with Crippen molar-refractivity contribution in [1.82, 2.24) is 5.32 Å². The second-order valence-electron chi connectivity index (χ2n) is 3.76. The number of nitrogens with one attached hydrogen (secondary N) is 2. The van der Waals surface area contributed by atoms with E-state index in [1.807, 2.05) is 22.6 Å². The van der Waals surface area contributed by atoms with Crippen LogP contribution in [0.2, 0.25) is 0 Å². The average molecular weight is 360 g/mol. The summed E-state index contributed by atoms with van der Waals surface area (Å²) in [5.74, 6) is -1.08. The number of hydrogen-bond donors (Lipinski definition) is 3. The maximum atomic E-state index is 11.5. The Morgan fingerprint density at radius 1 is 1.44 bits per heavy atom. The third kappa shape index (κ3) is 4.36. The van der Waals surface area contributed by atoms with E-state index in [1.54, 1.807) is 19.1 Å². The van der Waals surface area contributed by atoms with Crippen LogP contribution in [0, 0.1) is 3.57 Å². The van der Waals surface area contributed by atoms with Gasteiger partial charge in [0.2, 0.25) is 0 Å². The first-order valence-corrected chi connectivity index (χ1v) is 6.20. The molecule has 0 bridgehead atoms. The Kier molecular flexibility index (Phi) is 5.14. The Morgan fingerprint density at radius 2 is 2.11 bits per heavy atom. The molecule has 2 amide bonds. The van der Waals surface area contributed by atoms with Gasteiger partial charge in [-0.1, -0.05) is 12.2 Å². The summed E-state index contributed by atoms with van der Waals surface area (Å²) in [5.41, 5.74) is 1.14. The smallest absolute Gasteiger partial charge is 0.337 e. The highest BCUT2D eigenvalue weighted by Gasteiger charge is 2.12. The van der Waals surface area contributed by atoms with E-state index in [0.29, 0.717) is 6.54 Å². The first-order valence-electron chi connectivity index (χ1n) is 5.12. The second-order valence-corrected chi connectivity index (χ2v) is 5.01. The lowest BCUT2D eigenvalue weighted by Crippen LogP contribution is -2.30. The minimum absolute atomic E-state index is 0.0624. The molecule has 0 unspecified atom stereocenters. The Hall–Kier alpha value is -1.57. The van der Waals surface area contributed by atoms with Crippen molar-refractivity contribution in [3.05, 3.63) is 39.5 Å². The summed E-state index contributed by atoms with van der Waals surface area (Å²) in [6.07, 6.45) is 0. The van der Waals surface area contributed by atoms with Crippen LogP contribution < -0.4 is 10.6 Å². The normalized spacial score (nSPS) is 9.67. The maximum absolute atomic E-state index is 11.5. The van der Waals surface area contributed by atoms with E-state index in [9.17, 15) is 9.59 Å². The SMILES string of the molecule is C=C(C)CNC(=O)Nc1ccc(I)cc1C(=O)O. The molecule has 96 valence electrons. The van der Waals surface area contributed by atoms with Gasteiger partial charge < -0.3 is 15.7 Å². The Bertz CT molecular complexity index is 500. The van der Waals surface area contributed by atoms with E-state index in [-0.39, 0.29) is 11.3 Å². The lowest BCUT2D eigenvalue weighted by Gasteiger charge is -2.10. The summed E-state index contributed by atoms with van der Waals surface area (Å²) in [5, 5.41) is 14.1. The number of halogens is 1. The molecule has 3 N–H and O–H groups in total. The molecular formula is C12H13IN2O3. The van der Waals surface area contributed by atoms with E-state index in [0.717, 1.165) is 9.14 Å². The summed E-state index contributed by atoms with van der Waals surface area (Å²) in [7, 11) is 0. The van der Waals surface area contributed by atoms with Crippen molar-refractivity contribution in [1.29, 1.82) is 0 Å². The minimum atomic E-state index is -1.08. The number of hydrogen-bond acceptors (Lipinski definition) is 2. The summed E-state index contributed by atoms with van der Waals surface area (Å²) in [4.78, 5) is 22.6. The van der Waals surface area contributed by atoms with Gasteiger partial charge in [-0.05, 0) is 47.7 Å². The number of aromatic carboxylic acids is 1. The molecular weight excluding hydrogens is 347 g/mol. The van der Waals surface area contributed by atoms with Gasteiger partial charge in [0.1, 0.15) is 0 Å². The maximum Gasteiger partial charge on any atom is 0.337 e. The number of carbonyl (C=O) groups is 2. The third-order valence-electron chi connectivity index (χ3n) is 2.01. The standard InChI is InChI=1S/C12H13IN2O3/c1-7(2)6-14-12(18)15-10-4-3-8(13)5-9(10)11(16)17/h3-5H,1,6H2,2H3,(H,16,17)(H2,14,15,18). The van der Waals surface area contributed by atoms with Crippen LogP contribution in [0.15, 0.2) is 30.4 Å². The van der Waals surface area contributed by atoms with E-state index >= 15 is 0 Å². The molecule has 0 spiro atoms. The topological polar surface area (TPSA) is 78.4 Å². The van der Waals surface area contributed by atoms with E-state index in [2.05, 4.69) is 17.2 Å². The number of benzene rings is 1.